The summed E-state index contributed by atoms with van der Waals surface area (Å²) in [5.74, 6) is 0.807. The van der Waals surface area contributed by atoms with Gasteiger partial charge in [-0.3, -0.25) is 0 Å². The van der Waals surface area contributed by atoms with Gasteiger partial charge in [0.1, 0.15) is 10.8 Å². The summed E-state index contributed by atoms with van der Waals surface area (Å²) in [5.41, 5.74) is 7.38. The maximum absolute atomic E-state index is 5.65. The molecule has 0 spiro atoms. The minimum absolute atomic E-state index is 0.0190. The molecule has 1 aromatic heterocycles. The van der Waals surface area contributed by atoms with Crippen LogP contribution in [0.4, 0.5) is 5.82 Å². The van der Waals surface area contributed by atoms with E-state index in [0.29, 0.717) is 4.99 Å². The Hall–Kier alpha value is -1.20. The second-order valence-corrected chi connectivity index (χ2v) is 5.28. The summed E-state index contributed by atoms with van der Waals surface area (Å²) in [6, 6.07) is 3.78. The first-order valence-electron chi connectivity index (χ1n) is 6.12. The monoisotopic (exact) mass is 265 g/mol. The van der Waals surface area contributed by atoms with Crippen molar-refractivity contribution in [1.29, 1.82) is 0 Å². The lowest BCUT2D eigenvalue weighted by molar-refractivity contribution is -0.0601. The fourth-order valence-electron chi connectivity index (χ4n) is 2.18. The highest BCUT2D eigenvalue weighted by Crippen LogP contribution is 2.34. The van der Waals surface area contributed by atoms with Crippen LogP contribution in [-0.4, -0.2) is 29.2 Å². The number of anilines is 1. The van der Waals surface area contributed by atoms with Gasteiger partial charge < -0.3 is 15.8 Å². The minimum atomic E-state index is -0.0190. The number of thiocarbonyl (C=S) groups is 1. The molecule has 0 aliphatic heterocycles. The summed E-state index contributed by atoms with van der Waals surface area (Å²) in [4.78, 5) is 4.83. The third-order valence-electron chi connectivity index (χ3n) is 3.53. The third-order valence-corrected chi connectivity index (χ3v) is 3.76. The predicted molar refractivity (Wildman–Crippen MR) is 76.9 cm³/mol. The van der Waals surface area contributed by atoms with E-state index in [2.05, 4.69) is 10.3 Å². The fourth-order valence-corrected chi connectivity index (χ4v) is 2.30. The molecule has 5 heteroatoms. The molecule has 0 bridgehead atoms. The largest absolute Gasteiger partial charge is 0.389 e. The van der Waals surface area contributed by atoms with E-state index in [9.17, 15) is 0 Å². The molecular weight excluding hydrogens is 246 g/mol. The van der Waals surface area contributed by atoms with Gasteiger partial charge in [0, 0.05) is 24.9 Å². The number of hydrogen-bond acceptors (Lipinski definition) is 4. The maximum Gasteiger partial charge on any atom is 0.127 e. The topological polar surface area (TPSA) is 60.2 Å². The molecule has 18 heavy (non-hydrogen) atoms. The van der Waals surface area contributed by atoms with Crippen LogP contribution < -0.4 is 11.1 Å². The van der Waals surface area contributed by atoms with E-state index in [1.54, 1.807) is 7.11 Å². The van der Waals surface area contributed by atoms with Crippen LogP contribution in [0.3, 0.4) is 0 Å². The Morgan fingerprint density at radius 2 is 2.28 bits per heavy atom. The fraction of sp³-hybridized carbons (Fsp3) is 0.538. The molecule has 98 valence electrons. The molecule has 2 rings (SSSR count). The van der Waals surface area contributed by atoms with E-state index in [1.165, 1.54) is 6.42 Å². The summed E-state index contributed by atoms with van der Waals surface area (Å²) >= 11 is 4.99. The van der Waals surface area contributed by atoms with Crippen LogP contribution >= 0.6 is 12.2 Å². The highest BCUT2D eigenvalue weighted by atomic mass is 32.1. The van der Waals surface area contributed by atoms with Crippen molar-refractivity contribution in [2.45, 2.75) is 31.8 Å². The van der Waals surface area contributed by atoms with Gasteiger partial charge in [0.15, 0.2) is 0 Å². The van der Waals surface area contributed by atoms with Crippen LogP contribution in [0.15, 0.2) is 12.1 Å². The zero-order valence-electron chi connectivity index (χ0n) is 10.8. The van der Waals surface area contributed by atoms with Crippen LogP contribution in [0.1, 0.15) is 30.5 Å². The van der Waals surface area contributed by atoms with Crippen LogP contribution in [0.2, 0.25) is 0 Å². The van der Waals surface area contributed by atoms with Gasteiger partial charge in [0.05, 0.1) is 5.60 Å². The van der Waals surface area contributed by atoms with Crippen molar-refractivity contribution in [2.24, 2.45) is 5.73 Å². The summed E-state index contributed by atoms with van der Waals surface area (Å²) in [6.07, 6.45) is 3.43. The number of aryl methyl sites for hydroxylation is 1. The van der Waals surface area contributed by atoms with Crippen molar-refractivity contribution >= 4 is 23.0 Å². The van der Waals surface area contributed by atoms with Gasteiger partial charge in [-0.1, -0.05) is 12.2 Å². The van der Waals surface area contributed by atoms with E-state index >= 15 is 0 Å². The smallest absolute Gasteiger partial charge is 0.127 e. The van der Waals surface area contributed by atoms with Crippen LogP contribution in [0.5, 0.6) is 0 Å². The van der Waals surface area contributed by atoms with Crippen molar-refractivity contribution in [3.63, 3.8) is 0 Å². The molecule has 1 aromatic rings. The molecule has 1 heterocycles. The quantitative estimate of drug-likeness (QED) is 0.797. The first-order chi connectivity index (χ1) is 8.54. The average molecular weight is 265 g/mol. The Balaban J connectivity index is 2.07. The van der Waals surface area contributed by atoms with Crippen molar-refractivity contribution in [3.8, 4) is 0 Å². The molecule has 1 fully saturated rings. The first-order valence-corrected chi connectivity index (χ1v) is 6.53. The molecule has 0 radical (unpaired) electrons. The minimum Gasteiger partial charge on any atom is -0.389 e. The van der Waals surface area contributed by atoms with Crippen molar-refractivity contribution in [2.75, 3.05) is 19.0 Å². The second-order valence-electron chi connectivity index (χ2n) is 4.84. The number of pyridine rings is 1. The normalized spacial score (nSPS) is 17.0. The average Bonchev–Trinajstić information content (AvgIpc) is 2.27. The van der Waals surface area contributed by atoms with E-state index in [-0.39, 0.29) is 5.60 Å². The van der Waals surface area contributed by atoms with Gasteiger partial charge in [-0.2, -0.15) is 0 Å². The molecule has 4 nitrogen and oxygen atoms in total. The van der Waals surface area contributed by atoms with E-state index in [4.69, 9.17) is 22.7 Å². The molecular formula is C13H19N3OS. The Morgan fingerprint density at radius 3 is 2.78 bits per heavy atom. The Bertz CT molecular complexity index is 452. The number of rotatable bonds is 5. The number of nitrogens with one attached hydrogen (secondary N) is 1. The van der Waals surface area contributed by atoms with Gasteiger partial charge >= 0.3 is 0 Å². The van der Waals surface area contributed by atoms with Crippen LogP contribution in [-0.2, 0) is 4.74 Å². The maximum atomic E-state index is 5.65. The molecule has 0 unspecified atom stereocenters. The number of aromatic nitrogens is 1. The van der Waals surface area contributed by atoms with Gasteiger partial charge in [-0.05, 0) is 38.3 Å². The van der Waals surface area contributed by atoms with Crippen LogP contribution in [0.25, 0.3) is 0 Å². The Labute approximate surface area is 113 Å². The molecule has 0 atom stereocenters. The number of hydrogen-bond donors (Lipinski definition) is 2. The van der Waals surface area contributed by atoms with Crippen molar-refractivity contribution < 1.29 is 4.74 Å². The molecule has 0 saturated heterocycles. The van der Waals surface area contributed by atoms with Crippen molar-refractivity contribution in [3.05, 3.63) is 23.4 Å². The lowest BCUT2D eigenvalue weighted by Gasteiger charge is -2.40. The number of nitrogens with two attached hydrogens (primary N) is 1. The predicted octanol–water partition coefficient (Wildman–Crippen LogP) is 2.01. The second kappa shape index (κ2) is 5.20. The van der Waals surface area contributed by atoms with Gasteiger partial charge in [0.25, 0.3) is 0 Å². The molecule has 1 saturated carbocycles. The first kappa shape index (κ1) is 13.2. The number of nitrogens with zero attached hydrogens (tertiary/aromatic N) is 1. The standard InChI is InChI=1S/C13H19N3OS/c1-9-6-10(12(14)18)7-11(16-9)15-8-13(17-2)4-3-5-13/h6-7H,3-5,8H2,1-2H3,(H2,14,18)(H,15,16). The molecule has 1 aliphatic rings. The van der Waals surface area contributed by atoms with Gasteiger partial charge in [-0.25, -0.2) is 4.98 Å². The van der Waals surface area contributed by atoms with E-state index in [1.807, 2.05) is 19.1 Å². The third kappa shape index (κ3) is 2.79. The summed E-state index contributed by atoms with van der Waals surface area (Å²) in [6.45, 7) is 2.71. The lowest BCUT2D eigenvalue weighted by atomic mass is 9.80. The van der Waals surface area contributed by atoms with Crippen molar-refractivity contribution in [1.82, 2.24) is 4.98 Å². The summed E-state index contributed by atoms with van der Waals surface area (Å²) < 4.78 is 5.56. The molecule has 3 N–H and O–H groups in total. The molecule has 0 aromatic carbocycles. The van der Waals surface area contributed by atoms with E-state index in [0.717, 1.165) is 36.5 Å². The highest BCUT2D eigenvalue weighted by molar-refractivity contribution is 7.80. The SMILES string of the molecule is COC1(CNc2cc(C(N)=S)cc(C)n2)CCC1. The zero-order valence-corrected chi connectivity index (χ0v) is 11.6. The number of methoxy groups -OCH3 is 1. The molecule has 0 amide bonds. The summed E-state index contributed by atoms with van der Waals surface area (Å²) in [5, 5.41) is 3.32. The Kier molecular flexibility index (Phi) is 3.82. The van der Waals surface area contributed by atoms with E-state index < -0.39 is 0 Å². The highest BCUT2D eigenvalue weighted by Gasteiger charge is 2.36. The van der Waals surface area contributed by atoms with Gasteiger partial charge in [0.2, 0.25) is 0 Å². The van der Waals surface area contributed by atoms with Crippen LogP contribution in [0, 0.1) is 6.92 Å². The molecule has 1 aliphatic carbocycles. The Morgan fingerprint density at radius 1 is 1.56 bits per heavy atom. The zero-order chi connectivity index (χ0) is 13.2. The van der Waals surface area contributed by atoms with Gasteiger partial charge in [-0.15, -0.1) is 0 Å². The lowest BCUT2D eigenvalue weighted by Crippen LogP contribution is -2.45. The number of ether oxygens (including phenoxy) is 1. The summed E-state index contributed by atoms with van der Waals surface area (Å²) in [7, 11) is 1.77.